The summed E-state index contributed by atoms with van der Waals surface area (Å²) in [6, 6.07) is 7.48. The highest BCUT2D eigenvalue weighted by Crippen LogP contribution is 2.15. The molecule has 0 bridgehead atoms. The van der Waals surface area contributed by atoms with Crippen molar-refractivity contribution in [1.82, 2.24) is 5.32 Å². The Morgan fingerprint density at radius 3 is 2.24 bits per heavy atom. The molecule has 1 aromatic rings. The molecule has 0 aliphatic rings. The van der Waals surface area contributed by atoms with Gasteiger partial charge in [-0.2, -0.15) is 0 Å². The number of benzene rings is 1. The zero-order chi connectivity index (χ0) is 15.8. The first-order chi connectivity index (χ1) is 9.88. The molecule has 1 rings (SSSR count). The van der Waals surface area contributed by atoms with Crippen LogP contribution in [-0.2, 0) is 9.59 Å². The fourth-order valence-electron chi connectivity index (χ4n) is 1.76. The Hall–Kier alpha value is -2.04. The highest BCUT2D eigenvalue weighted by atomic mass is 16.2. The zero-order valence-electron chi connectivity index (χ0n) is 13.3. The third-order valence-corrected chi connectivity index (χ3v) is 3.03. The number of carbonyl (C=O) groups is 2. The van der Waals surface area contributed by atoms with Gasteiger partial charge in [0.05, 0.1) is 0 Å². The van der Waals surface area contributed by atoms with Crippen LogP contribution in [-0.4, -0.2) is 32.5 Å². The maximum Gasteiger partial charge on any atom is 0.233 e. The summed E-state index contributed by atoms with van der Waals surface area (Å²) in [5, 5.41) is 5.47. The molecule has 0 unspecified atom stereocenters. The molecule has 116 valence electrons. The molecule has 21 heavy (non-hydrogen) atoms. The lowest BCUT2D eigenvalue weighted by atomic mass is 10.1. The van der Waals surface area contributed by atoms with Gasteiger partial charge >= 0.3 is 0 Å². The second-order valence-corrected chi connectivity index (χ2v) is 5.70. The van der Waals surface area contributed by atoms with Crippen molar-refractivity contribution in [3.8, 4) is 0 Å². The number of carbonyl (C=O) groups excluding carboxylic acids is 2. The lowest BCUT2D eigenvalue weighted by Gasteiger charge is -2.13. The average molecular weight is 291 g/mol. The first-order valence-electron chi connectivity index (χ1n) is 7.22. The minimum atomic E-state index is -0.297. The van der Waals surface area contributed by atoms with Crippen LogP contribution in [0.5, 0.6) is 0 Å². The van der Waals surface area contributed by atoms with Crippen molar-refractivity contribution < 1.29 is 9.59 Å². The Kier molecular flexibility index (Phi) is 6.72. The normalized spacial score (nSPS) is 10.3. The van der Waals surface area contributed by atoms with Crippen molar-refractivity contribution in [2.45, 2.75) is 26.7 Å². The van der Waals surface area contributed by atoms with E-state index in [1.807, 2.05) is 43.3 Å². The molecule has 0 heterocycles. The standard InChI is InChI=1S/C16H25N3O2/c1-12(2)9-10-17-15(20)11-16(21)18-13-5-7-14(8-6-13)19(3)4/h5-8,12H,9-11H2,1-4H3,(H,17,20)(H,18,21). The van der Waals surface area contributed by atoms with Crippen molar-refractivity contribution in [3.63, 3.8) is 0 Å². The summed E-state index contributed by atoms with van der Waals surface area (Å²) in [6.45, 7) is 4.80. The number of rotatable bonds is 7. The molecular formula is C16H25N3O2. The summed E-state index contributed by atoms with van der Waals surface area (Å²) in [6.07, 6.45) is 0.771. The molecular weight excluding hydrogens is 266 g/mol. The van der Waals surface area contributed by atoms with Gasteiger partial charge in [-0.05, 0) is 36.6 Å². The molecule has 0 fully saturated rings. The highest BCUT2D eigenvalue weighted by molar-refractivity contribution is 6.03. The summed E-state index contributed by atoms with van der Waals surface area (Å²) < 4.78 is 0. The van der Waals surface area contributed by atoms with Gasteiger partial charge in [0.2, 0.25) is 11.8 Å². The molecule has 5 nitrogen and oxygen atoms in total. The fourth-order valence-corrected chi connectivity index (χ4v) is 1.76. The topological polar surface area (TPSA) is 61.4 Å². The van der Waals surface area contributed by atoms with Crippen LogP contribution in [0.25, 0.3) is 0 Å². The number of hydrogen-bond donors (Lipinski definition) is 2. The van der Waals surface area contributed by atoms with Gasteiger partial charge in [0.15, 0.2) is 0 Å². The first kappa shape index (κ1) is 17.0. The molecule has 0 radical (unpaired) electrons. The quantitative estimate of drug-likeness (QED) is 0.757. The van der Waals surface area contributed by atoms with Crippen molar-refractivity contribution in [2.75, 3.05) is 30.9 Å². The minimum Gasteiger partial charge on any atom is -0.378 e. The molecule has 1 aromatic carbocycles. The SMILES string of the molecule is CC(C)CCNC(=O)CC(=O)Nc1ccc(N(C)C)cc1. The lowest BCUT2D eigenvalue weighted by molar-refractivity contribution is -0.126. The van der Waals surface area contributed by atoms with E-state index in [9.17, 15) is 9.59 Å². The van der Waals surface area contributed by atoms with Crippen LogP contribution in [0, 0.1) is 5.92 Å². The largest absolute Gasteiger partial charge is 0.378 e. The van der Waals surface area contributed by atoms with E-state index in [-0.39, 0.29) is 18.2 Å². The van der Waals surface area contributed by atoms with Gasteiger partial charge in [-0.1, -0.05) is 13.8 Å². The van der Waals surface area contributed by atoms with Gasteiger partial charge in [-0.15, -0.1) is 0 Å². The van der Waals surface area contributed by atoms with Crippen LogP contribution in [0.4, 0.5) is 11.4 Å². The minimum absolute atomic E-state index is 0.145. The second kappa shape index (κ2) is 8.29. The van der Waals surface area contributed by atoms with Crippen molar-refractivity contribution in [3.05, 3.63) is 24.3 Å². The van der Waals surface area contributed by atoms with Crippen molar-refractivity contribution in [2.24, 2.45) is 5.92 Å². The predicted molar refractivity (Wildman–Crippen MR) is 86.5 cm³/mol. The molecule has 2 N–H and O–H groups in total. The third kappa shape index (κ3) is 6.79. The van der Waals surface area contributed by atoms with E-state index in [2.05, 4.69) is 24.5 Å². The number of amides is 2. The number of anilines is 2. The molecule has 0 spiro atoms. The second-order valence-electron chi connectivity index (χ2n) is 5.70. The van der Waals surface area contributed by atoms with Crippen LogP contribution < -0.4 is 15.5 Å². The zero-order valence-corrected chi connectivity index (χ0v) is 13.3. The van der Waals surface area contributed by atoms with E-state index in [1.54, 1.807) is 0 Å². The monoisotopic (exact) mass is 291 g/mol. The van der Waals surface area contributed by atoms with Crippen LogP contribution in [0.1, 0.15) is 26.7 Å². The molecule has 0 saturated carbocycles. The van der Waals surface area contributed by atoms with E-state index in [1.165, 1.54) is 0 Å². The molecule has 5 heteroatoms. The van der Waals surface area contributed by atoms with E-state index in [0.29, 0.717) is 18.2 Å². The van der Waals surface area contributed by atoms with E-state index in [0.717, 1.165) is 12.1 Å². The summed E-state index contributed by atoms with van der Waals surface area (Å²) >= 11 is 0. The van der Waals surface area contributed by atoms with E-state index in [4.69, 9.17) is 0 Å². The molecule has 2 amide bonds. The van der Waals surface area contributed by atoms with Crippen LogP contribution in [0.3, 0.4) is 0 Å². The van der Waals surface area contributed by atoms with Crippen LogP contribution in [0.2, 0.25) is 0 Å². The van der Waals surface area contributed by atoms with Gasteiger partial charge in [0, 0.05) is 32.0 Å². The average Bonchev–Trinajstić information content (AvgIpc) is 2.38. The van der Waals surface area contributed by atoms with E-state index < -0.39 is 0 Å². The number of nitrogens with one attached hydrogen (secondary N) is 2. The Bertz CT molecular complexity index is 467. The molecule has 0 saturated heterocycles. The number of nitrogens with zero attached hydrogens (tertiary/aromatic N) is 1. The Balaban J connectivity index is 2.37. The summed E-state index contributed by atoms with van der Waals surface area (Å²) in [4.78, 5) is 25.3. The van der Waals surface area contributed by atoms with Crippen LogP contribution in [0.15, 0.2) is 24.3 Å². The van der Waals surface area contributed by atoms with Crippen LogP contribution >= 0.6 is 0 Å². The summed E-state index contributed by atoms with van der Waals surface area (Å²) in [5.74, 6) is 0.00190. The molecule has 0 aromatic heterocycles. The maximum atomic E-state index is 11.8. The lowest BCUT2D eigenvalue weighted by Crippen LogP contribution is -2.29. The Morgan fingerprint density at radius 1 is 1.10 bits per heavy atom. The Morgan fingerprint density at radius 2 is 1.71 bits per heavy atom. The Labute approximate surface area is 126 Å². The predicted octanol–water partition coefficient (Wildman–Crippen LogP) is 2.24. The van der Waals surface area contributed by atoms with E-state index >= 15 is 0 Å². The van der Waals surface area contributed by atoms with Gasteiger partial charge in [-0.25, -0.2) is 0 Å². The summed E-state index contributed by atoms with van der Waals surface area (Å²) in [7, 11) is 3.91. The number of hydrogen-bond acceptors (Lipinski definition) is 3. The molecule has 0 atom stereocenters. The fraction of sp³-hybridized carbons (Fsp3) is 0.500. The smallest absolute Gasteiger partial charge is 0.233 e. The van der Waals surface area contributed by atoms with Gasteiger partial charge < -0.3 is 15.5 Å². The van der Waals surface area contributed by atoms with Crippen molar-refractivity contribution >= 4 is 23.2 Å². The van der Waals surface area contributed by atoms with Gasteiger partial charge in [0.25, 0.3) is 0 Å². The van der Waals surface area contributed by atoms with Gasteiger partial charge in [-0.3, -0.25) is 9.59 Å². The maximum absolute atomic E-state index is 11.8. The third-order valence-electron chi connectivity index (χ3n) is 3.03. The van der Waals surface area contributed by atoms with Gasteiger partial charge in [0.1, 0.15) is 6.42 Å². The van der Waals surface area contributed by atoms with Crippen molar-refractivity contribution in [1.29, 1.82) is 0 Å². The summed E-state index contributed by atoms with van der Waals surface area (Å²) in [5.41, 5.74) is 1.75. The molecule has 0 aliphatic heterocycles. The first-order valence-corrected chi connectivity index (χ1v) is 7.22. The highest BCUT2D eigenvalue weighted by Gasteiger charge is 2.09. The molecule has 0 aliphatic carbocycles.